The molecule has 0 radical (unpaired) electrons. The van der Waals surface area contributed by atoms with Crippen LogP contribution in [0.1, 0.15) is 39.0 Å². The topological polar surface area (TPSA) is 121 Å². The first-order valence-electron chi connectivity index (χ1n) is 10.1. The highest BCUT2D eigenvalue weighted by atomic mass is 16.5. The quantitative estimate of drug-likeness (QED) is 0.410. The van der Waals surface area contributed by atoms with E-state index in [9.17, 15) is 14.4 Å². The number of benzene rings is 2. The Balaban J connectivity index is 1.88. The number of carbonyl (C=O) groups excluding carboxylic acids is 2. The second kappa shape index (κ2) is 10.3. The predicted molar refractivity (Wildman–Crippen MR) is 120 cm³/mol. The van der Waals surface area contributed by atoms with Crippen molar-refractivity contribution in [2.24, 2.45) is 0 Å². The largest absolute Gasteiger partial charge is 0.497 e. The van der Waals surface area contributed by atoms with E-state index >= 15 is 0 Å². The van der Waals surface area contributed by atoms with Gasteiger partial charge >= 0.3 is 11.6 Å². The molecule has 1 amide bonds. The highest BCUT2D eigenvalue weighted by Crippen LogP contribution is 2.22. The maximum atomic E-state index is 12.5. The lowest BCUT2D eigenvalue weighted by Crippen LogP contribution is -2.21. The van der Waals surface area contributed by atoms with Crippen molar-refractivity contribution >= 4 is 23.3 Å². The van der Waals surface area contributed by atoms with E-state index in [1.807, 2.05) is 6.07 Å². The van der Waals surface area contributed by atoms with Crippen LogP contribution in [0.3, 0.4) is 0 Å². The number of rotatable bonds is 8. The minimum Gasteiger partial charge on any atom is -0.497 e. The number of ether oxygens (including phenoxy) is 2. The van der Waals surface area contributed by atoms with Crippen LogP contribution in [-0.2, 0) is 17.6 Å². The van der Waals surface area contributed by atoms with Crippen LogP contribution in [0.4, 0.5) is 11.4 Å². The first-order chi connectivity index (χ1) is 15.4. The van der Waals surface area contributed by atoms with Crippen LogP contribution in [0.25, 0.3) is 0 Å². The number of esters is 1. The van der Waals surface area contributed by atoms with Gasteiger partial charge in [0.1, 0.15) is 22.8 Å². The molecule has 0 aliphatic heterocycles. The Morgan fingerprint density at radius 3 is 2.47 bits per heavy atom. The minimum absolute atomic E-state index is 0.0712. The van der Waals surface area contributed by atoms with Crippen molar-refractivity contribution in [1.29, 1.82) is 0 Å². The fraction of sp³-hybridized carbons (Fsp3) is 0.208. The van der Waals surface area contributed by atoms with Gasteiger partial charge in [-0.1, -0.05) is 24.3 Å². The Kier molecular flexibility index (Phi) is 7.28. The molecule has 0 fully saturated rings. The van der Waals surface area contributed by atoms with Gasteiger partial charge in [0.25, 0.3) is 5.91 Å². The molecule has 8 heteroatoms. The molecule has 0 aliphatic carbocycles. The molecule has 8 nitrogen and oxygen atoms in total. The zero-order valence-electron chi connectivity index (χ0n) is 17.8. The zero-order chi connectivity index (χ0) is 23.1. The summed E-state index contributed by atoms with van der Waals surface area (Å²) in [5.41, 5.74) is 6.92. The zero-order valence-corrected chi connectivity index (χ0v) is 17.8. The van der Waals surface area contributed by atoms with Gasteiger partial charge in [0.05, 0.1) is 13.7 Å². The van der Waals surface area contributed by atoms with Gasteiger partial charge in [0.15, 0.2) is 0 Å². The SMILES string of the molecule is CCOC(=O)c1cc(NC(=O)c2ccccc2)c(=O)oc1CCc1ccc(OC)cc1N. The maximum absolute atomic E-state index is 12.5. The fourth-order valence-electron chi connectivity index (χ4n) is 3.12. The Labute approximate surface area is 185 Å². The summed E-state index contributed by atoms with van der Waals surface area (Å²) < 4.78 is 15.7. The van der Waals surface area contributed by atoms with E-state index in [0.717, 1.165) is 5.56 Å². The van der Waals surface area contributed by atoms with Crippen molar-refractivity contribution < 1.29 is 23.5 Å². The molecule has 32 heavy (non-hydrogen) atoms. The van der Waals surface area contributed by atoms with Crippen molar-refractivity contribution in [3.8, 4) is 5.75 Å². The summed E-state index contributed by atoms with van der Waals surface area (Å²) in [5.74, 6) is -0.361. The van der Waals surface area contributed by atoms with Gasteiger partial charge in [0, 0.05) is 23.7 Å². The van der Waals surface area contributed by atoms with Gasteiger partial charge in [0.2, 0.25) is 0 Å². The molecule has 0 unspecified atom stereocenters. The smallest absolute Gasteiger partial charge is 0.359 e. The summed E-state index contributed by atoms with van der Waals surface area (Å²) in [6.45, 7) is 1.82. The Morgan fingerprint density at radius 2 is 1.81 bits per heavy atom. The van der Waals surface area contributed by atoms with E-state index in [0.29, 0.717) is 23.4 Å². The number of amides is 1. The molecule has 0 saturated carbocycles. The van der Waals surface area contributed by atoms with E-state index < -0.39 is 17.5 Å². The molecule has 3 rings (SSSR count). The average molecular weight is 436 g/mol. The van der Waals surface area contributed by atoms with Gasteiger partial charge in [-0.15, -0.1) is 0 Å². The molecule has 3 aromatic rings. The lowest BCUT2D eigenvalue weighted by molar-refractivity contribution is 0.0521. The minimum atomic E-state index is -0.764. The molecular formula is C24H24N2O6. The van der Waals surface area contributed by atoms with Gasteiger partial charge < -0.3 is 24.9 Å². The summed E-state index contributed by atoms with van der Waals surface area (Å²) in [5, 5.41) is 2.50. The van der Waals surface area contributed by atoms with Gasteiger partial charge in [-0.25, -0.2) is 9.59 Å². The number of nitrogen functional groups attached to an aromatic ring is 1. The molecule has 0 bridgehead atoms. The van der Waals surface area contributed by atoms with Crippen molar-refractivity contribution in [3.63, 3.8) is 0 Å². The summed E-state index contributed by atoms with van der Waals surface area (Å²) in [4.78, 5) is 37.5. The van der Waals surface area contributed by atoms with Crippen LogP contribution < -0.4 is 21.4 Å². The number of methoxy groups -OCH3 is 1. The molecule has 1 aromatic heterocycles. The van der Waals surface area contributed by atoms with Crippen molar-refractivity contribution in [2.45, 2.75) is 19.8 Å². The van der Waals surface area contributed by atoms with E-state index in [4.69, 9.17) is 19.6 Å². The average Bonchev–Trinajstić information content (AvgIpc) is 2.80. The first kappa shape index (κ1) is 22.6. The lowest BCUT2D eigenvalue weighted by atomic mass is 10.0. The number of hydrogen-bond acceptors (Lipinski definition) is 7. The van der Waals surface area contributed by atoms with E-state index in [2.05, 4.69) is 5.32 Å². The van der Waals surface area contributed by atoms with Crippen molar-refractivity contribution in [3.05, 3.63) is 87.5 Å². The fourth-order valence-corrected chi connectivity index (χ4v) is 3.12. The third kappa shape index (κ3) is 5.34. The molecule has 3 N–H and O–H groups in total. The second-order valence-corrected chi connectivity index (χ2v) is 6.89. The number of hydrogen-bond donors (Lipinski definition) is 2. The van der Waals surface area contributed by atoms with Crippen LogP contribution in [0.2, 0.25) is 0 Å². The van der Waals surface area contributed by atoms with E-state index in [-0.39, 0.29) is 30.0 Å². The van der Waals surface area contributed by atoms with Crippen LogP contribution in [-0.4, -0.2) is 25.6 Å². The number of carbonyl (C=O) groups is 2. The van der Waals surface area contributed by atoms with Gasteiger partial charge in [-0.05, 0) is 43.2 Å². The molecular weight excluding hydrogens is 412 g/mol. The molecule has 0 atom stereocenters. The summed E-state index contributed by atoms with van der Waals surface area (Å²) in [6, 6.07) is 15.0. The molecule has 166 valence electrons. The summed E-state index contributed by atoms with van der Waals surface area (Å²) in [6.07, 6.45) is 0.647. The van der Waals surface area contributed by atoms with Gasteiger partial charge in [-0.3, -0.25) is 4.79 Å². The number of anilines is 2. The van der Waals surface area contributed by atoms with E-state index in [1.54, 1.807) is 56.5 Å². The molecule has 0 aliphatic rings. The van der Waals surface area contributed by atoms with E-state index in [1.165, 1.54) is 6.07 Å². The van der Waals surface area contributed by atoms with Gasteiger partial charge in [-0.2, -0.15) is 0 Å². The van der Waals surface area contributed by atoms with Crippen LogP contribution in [0, 0.1) is 0 Å². The monoisotopic (exact) mass is 436 g/mol. The number of nitrogens with one attached hydrogen (secondary N) is 1. The Bertz CT molecular complexity index is 1170. The first-order valence-corrected chi connectivity index (χ1v) is 10.1. The molecule has 1 heterocycles. The number of nitrogens with two attached hydrogens (primary N) is 1. The molecule has 2 aromatic carbocycles. The highest BCUT2D eigenvalue weighted by molar-refractivity contribution is 6.04. The molecule has 0 saturated heterocycles. The highest BCUT2D eigenvalue weighted by Gasteiger charge is 2.20. The standard InChI is InChI=1S/C24H24N2O6/c1-3-31-23(28)18-14-20(26-22(27)16-7-5-4-6-8-16)24(29)32-21(18)12-10-15-9-11-17(30-2)13-19(15)25/h4-9,11,13-14H,3,10,12,25H2,1-2H3,(H,26,27). The summed E-state index contributed by atoms with van der Waals surface area (Å²) in [7, 11) is 1.55. The lowest BCUT2D eigenvalue weighted by Gasteiger charge is -2.12. The Hall–Kier alpha value is -4.07. The van der Waals surface area contributed by atoms with Crippen molar-refractivity contribution in [1.82, 2.24) is 0 Å². The maximum Gasteiger partial charge on any atom is 0.359 e. The van der Waals surface area contributed by atoms with Crippen LogP contribution >= 0.6 is 0 Å². The number of aryl methyl sites for hydroxylation is 2. The molecule has 0 spiro atoms. The Morgan fingerprint density at radius 1 is 1.06 bits per heavy atom. The normalized spacial score (nSPS) is 10.4. The second-order valence-electron chi connectivity index (χ2n) is 6.89. The van der Waals surface area contributed by atoms with Crippen LogP contribution in [0.15, 0.2) is 63.8 Å². The van der Waals surface area contributed by atoms with Crippen molar-refractivity contribution in [2.75, 3.05) is 24.8 Å². The summed E-state index contributed by atoms with van der Waals surface area (Å²) >= 11 is 0. The van der Waals surface area contributed by atoms with Crippen LogP contribution in [0.5, 0.6) is 5.75 Å². The predicted octanol–water partition coefficient (Wildman–Crippen LogP) is 3.44. The third-order valence-corrected chi connectivity index (χ3v) is 4.78. The third-order valence-electron chi connectivity index (χ3n) is 4.78.